The molecule has 0 fully saturated rings. The number of rotatable bonds is 6. The summed E-state index contributed by atoms with van der Waals surface area (Å²) in [6, 6.07) is 14.8. The fraction of sp³-hybridized carbons (Fsp3) is 0.308. The average molecular weight is 487 g/mol. The molecule has 0 aliphatic carbocycles. The van der Waals surface area contributed by atoms with Crippen molar-refractivity contribution in [1.82, 2.24) is 10.2 Å². The number of thiophene rings is 1. The summed E-state index contributed by atoms with van der Waals surface area (Å²) in [6.07, 6.45) is -3.64. The molecule has 178 valence electrons. The van der Waals surface area contributed by atoms with Crippen molar-refractivity contribution in [2.24, 2.45) is 0 Å². The van der Waals surface area contributed by atoms with Gasteiger partial charge in [0.1, 0.15) is 0 Å². The minimum absolute atomic E-state index is 0.0225. The van der Waals surface area contributed by atoms with Crippen LogP contribution in [-0.2, 0) is 28.7 Å². The molecule has 4 nitrogen and oxygen atoms in total. The number of hydrogen-bond donors (Lipinski definition) is 1. The third-order valence-corrected chi connectivity index (χ3v) is 6.95. The maximum Gasteiger partial charge on any atom is 0.416 e. The van der Waals surface area contributed by atoms with Gasteiger partial charge in [-0.1, -0.05) is 42.0 Å². The number of hydrogen-bond acceptors (Lipinski definition) is 3. The maximum absolute atomic E-state index is 13.2. The van der Waals surface area contributed by atoms with Crippen molar-refractivity contribution in [1.29, 1.82) is 0 Å². The van der Waals surface area contributed by atoms with Gasteiger partial charge in [-0.15, -0.1) is 11.3 Å². The zero-order chi connectivity index (χ0) is 24.3. The summed E-state index contributed by atoms with van der Waals surface area (Å²) in [5.41, 5.74) is 2.89. The van der Waals surface area contributed by atoms with Crippen LogP contribution in [0, 0.1) is 6.92 Å². The molecule has 1 aliphatic rings. The van der Waals surface area contributed by atoms with Crippen LogP contribution in [0.1, 0.15) is 51.6 Å². The topological polar surface area (TPSA) is 49.4 Å². The third kappa shape index (κ3) is 5.50. The van der Waals surface area contributed by atoms with Crippen LogP contribution in [0.3, 0.4) is 0 Å². The fourth-order valence-corrected chi connectivity index (χ4v) is 5.20. The standard InChI is InChI=1S/C26H25F3N2O2S/c1-17-4-2-6-19(14-17)25-21-11-13-34-22(21)10-12-31(25)24(33)9-8-23(32)30-16-18-5-3-7-20(15-18)26(27,28)29/h2-7,11,13-15,25H,8-10,12,16H2,1H3,(H,30,32). The highest BCUT2D eigenvalue weighted by Crippen LogP contribution is 2.38. The zero-order valence-corrected chi connectivity index (χ0v) is 19.5. The highest BCUT2D eigenvalue weighted by Gasteiger charge is 2.33. The summed E-state index contributed by atoms with van der Waals surface area (Å²) in [5, 5.41) is 4.67. The first kappa shape index (κ1) is 24.0. The molecule has 1 aliphatic heterocycles. The van der Waals surface area contributed by atoms with E-state index in [1.165, 1.54) is 17.0 Å². The molecule has 0 saturated heterocycles. The van der Waals surface area contributed by atoms with Crippen molar-refractivity contribution in [2.75, 3.05) is 6.54 Å². The molecule has 1 aromatic heterocycles. The summed E-state index contributed by atoms with van der Waals surface area (Å²) in [6.45, 7) is 2.57. The number of fused-ring (bicyclic) bond motifs is 1. The predicted octanol–water partition coefficient (Wildman–Crippen LogP) is 5.65. The van der Waals surface area contributed by atoms with E-state index in [1.54, 1.807) is 11.3 Å². The molecule has 0 spiro atoms. The number of carbonyl (C=O) groups excluding carboxylic acids is 2. The maximum atomic E-state index is 13.2. The highest BCUT2D eigenvalue weighted by atomic mass is 32.1. The van der Waals surface area contributed by atoms with Gasteiger partial charge < -0.3 is 10.2 Å². The van der Waals surface area contributed by atoms with Crippen molar-refractivity contribution in [3.05, 3.63) is 92.7 Å². The Morgan fingerprint density at radius 1 is 1.09 bits per heavy atom. The lowest BCUT2D eigenvalue weighted by Crippen LogP contribution is -2.40. The molecule has 8 heteroatoms. The number of nitrogens with one attached hydrogen (secondary N) is 1. The lowest BCUT2D eigenvalue weighted by molar-refractivity contribution is -0.137. The van der Waals surface area contributed by atoms with Crippen LogP contribution in [0.25, 0.3) is 0 Å². The average Bonchev–Trinajstić information content (AvgIpc) is 3.29. The summed E-state index contributed by atoms with van der Waals surface area (Å²) >= 11 is 1.69. The molecule has 2 aromatic carbocycles. The molecule has 2 heterocycles. The Morgan fingerprint density at radius 3 is 2.65 bits per heavy atom. The Morgan fingerprint density at radius 2 is 1.88 bits per heavy atom. The van der Waals surface area contributed by atoms with Crippen LogP contribution in [0.2, 0.25) is 0 Å². The summed E-state index contributed by atoms with van der Waals surface area (Å²) in [5.74, 6) is -0.483. The molecule has 0 saturated carbocycles. The molecular weight excluding hydrogens is 461 g/mol. The largest absolute Gasteiger partial charge is 0.416 e. The van der Waals surface area contributed by atoms with E-state index < -0.39 is 11.7 Å². The van der Waals surface area contributed by atoms with Crippen LogP contribution in [0.15, 0.2) is 60.0 Å². The first-order chi connectivity index (χ1) is 16.2. The molecule has 3 aromatic rings. The normalized spacial score (nSPS) is 15.6. The van der Waals surface area contributed by atoms with E-state index in [0.717, 1.165) is 35.2 Å². The van der Waals surface area contributed by atoms with Crippen molar-refractivity contribution in [2.45, 2.75) is 44.9 Å². The Bertz CT molecular complexity index is 1190. The minimum atomic E-state index is -4.43. The van der Waals surface area contributed by atoms with Crippen LogP contribution < -0.4 is 5.32 Å². The molecule has 4 rings (SSSR count). The molecular formula is C26H25F3N2O2S. The van der Waals surface area contributed by atoms with E-state index in [9.17, 15) is 22.8 Å². The monoisotopic (exact) mass is 486 g/mol. The van der Waals surface area contributed by atoms with Gasteiger partial charge in [-0.25, -0.2) is 0 Å². The molecule has 1 unspecified atom stereocenters. The number of alkyl halides is 3. The van der Waals surface area contributed by atoms with E-state index in [2.05, 4.69) is 17.4 Å². The second-order valence-corrected chi connectivity index (χ2v) is 9.43. The lowest BCUT2D eigenvalue weighted by atomic mass is 9.92. The predicted molar refractivity (Wildman–Crippen MR) is 125 cm³/mol. The second kappa shape index (κ2) is 10.0. The third-order valence-electron chi connectivity index (χ3n) is 5.95. The summed E-state index contributed by atoms with van der Waals surface area (Å²) in [4.78, 5) is 28.6. The number of halogens is 3. The van der Waals surface area contributed by atoms with Gasteiger partial charge in [0, 0.05) is 30.8 Å². The van der Waals surface area contributed by atoms with Crippen molar-refractivity contribution in [3.8, 4) is 0 Å². The quantitative estimate of drug-likeness (QED) is 0.490. The van der Waals surface area contributed by atoms with Crippen LogP contribution in [0.5, 0.6) is 0 Å². The molecule has 2 amide bonds. The Hall–Kier alpha value is -3.13. The van der Waals surface area contributed by atoms with Gasteiger partial charge in [0.05, 0.1) is 11.6 Å². The van der Waals surface area contributed by atoms with Gasteiger partial charge in [0.25, 0.3) is 0 Å². The number of carbonyl (C=O) groups is 2. The number of nitrogens with zero attached hydrogens (tertiary/aromatic N) is 1. The number of aryl methyl sites for hydroxylation is 1. The molecule has 0 bridgehead atoms. The van der Waals surface area contributed by atoms with Gasteiger partial charge in [-0.3, -0.25) is 9.59 Å². The first-order valence-corrected chi connectivity index (χ1v) is 12.0. The van der Waals surface area contributed by atoms with Gasteiger partial charge in [-0.05, 0) is 53.6 Å². The molecule has 34 heavy (non-hydrogen) atoms. The molecule has 1 N–H and O–H groups in total. The smallest absolute Gasteiger partial charge is 0.352 e. The number of benzene rings is 2. The van der Waals surface area contributed by atoms with E-state index in [0.29, 0.717) is 12.1 Å². The van der Waals surface area contributed by atoms with Crippen molar-refractivity contribution in [3.63, 3.8) is 0 Å². The van der Waals surface area contributed by atoms with E-state index in [-0.39, 0.29) is 37.2 Å². The van der Waals surface area contributed by atoms with Crippen LogP contribution in [-0.4, -0.2) is 23.3 Å². The number of amides is 2. The van der Waals surface area contributed by atoms with E-state index in [4.69, 9.17) is 0 Å². The molecule has 1 atom stereocenters. The Labute approximate surface area is 200 Å². The molecule has 0 radical (unpaired) electrons. The van der Waals surface area contributed by atoms with Crippen LogP contribution in [0.4, 0.5) is 13.2 Å². The van der Waals surface area contributed by atoms with E-state index >= 15 is 0 Å². The van der Waals surface area contributed by atoms with Gasteiger partial charge in [-0.2, -0.15) is 13.2 Å². The Kier molecular flexibility index (Phi) is 7.07. The zero-order valence-electron chi connectivity index (χ0n) is 18.7. The van der Waals surface area contributed by atoms with Crippen molar-refractivity contribution < 1.29 is 22.8 Å². The summed E-state index contributed by atoms with van der Waals surface area (Å²) in [7, 11) is 0. The first-order valence-electron chi connectivity index (χ1n) is 11.1. The SMILES string of the molecule is Cc1cccc(C2c3ccsc3CCN2C(=O)CCC(=O)NCc2cccc(C(F)(F)F)c2)c1. The van der Waals surface area contributed by atoms with Gasteiger partial charge in [0.2, 0.25) is 11.8 Å². The van der Waals surface area contributed by atoms with Gasteiger partial charge >= 0.3 is 6.18 Å². The highest BCUT2D eigenvalue weighted by molar-refractivity contribution is 7.10. The fourth-order valence-electron chi connectivity index (χ4n) is 4.30. The van der Waals surface area contributed by atoms with E-state index in [1.807, 2.05) is 35.4 Å². The minimum Gasteiger partial charge on any atom is -0.352 e. The van der Waals surface area contributed by atoms with Gasteiger partial charge in [0.15, 0.2) is 0 Å². The summed E-state index contributed by atoms with van der Waals surface area (Å²) < 4.78 is 38.6. The second-order valence-electron chi connectivity index (χ2n) is 8.43. The Balaban J connectivity index is 1.39. The van der Waals surface area contributed by atoms with Crippen LogP contribution >= 0.6 is 11.3 Å². The lowest BCUT2D eigenvalue weighted by Gasteiger charge is -2.36. The van der Waals surface area contributed by atoms with Crippen molar-refractivity contribution >= 4 is 23.2 Å².